The van der Waals surface area contributed by atoms with Gasteiger partial charge in [0.1, 0.15) is 11.5 Å². The first kappa shape index (κ1) is 10.6. The first-order chi connectivity index (χ1) is 8.25. The molecule has 17 heavy (non-hydrogen) atoms. The third kappa shape index (κ3) is 1.78. The molecule has 0 aromatic carbocycles. The van der Waals surface area contributed by atoms with E-state index in [-0.39, 0.29) is 0 Å². The maximum Gasteiger partial charge on any atom is 0.138 e. The second-order valence-corrected chi connectivity index (χ2v) is 4.73. The van der Waals surface area contributed by atoms with Crippen molar-refractivity contribution in [3.8, 4) is 0 Å². The summed E-state index contributed by atoms with van der Waals surface area (Å²) in [4.78, 5) is 4.64. The van der Waals surface area contributed by atoms with Crippen LogP contribution in [0.4, 0.5) is 5.82 Å². The van der Waals surface area contributed by atoms with Gasteiger partial charge in [-0.15, -0.1) is 0 Å². The van der Waals surface area contributed by atoms with E-state index < -0.39 is 0 Å². The standard InChI is InChI=1S/C13H17N3O/c1-9-4-5-11-15-12(13(14)16(11)7-9)10-3-2-6-17-8-10/h4-5,7,10H,2-3,6,8,14H2,1H3. The predicted octanol–water partition coefficient (Wildman–Crippen LogP) is 2.12. The van der Waals surface area contributed by atoms with Gasteiger partial charge in [-0.25, -0.2) is 4.98 Å². The molecule has 0 amide bonds. The van der Waals surface area contributed by atoms with Gasteiger partial charge in [0, 0.05) is 18.7 Å². The van der Waals surface area contributed by atoms with E-state index in [4.69, 9.17) is 10.5 Å². The smallest absolute Gasteiger partial charge is 0.138 e. The summed E-state index contributed by atoms with van der Waals surface area (Å²) in [5.41, 5.74) is 9.29. The van der Waals surface area contributed by atoms with Crippen LogP contribution in [0.3, 0.4) is 0 Å². The van der Waals surface area contributed by atoms with Crippen molar-refractivity contribution in [2.75, 3.05) is 18.9 Å². The van der Waals surface area contributed by atoms with Crippen LogP contribution in [0.1, 0.15) is 30.0 Å². The van der Waals surface area contributed by atoms with Crippen molar-refractivity contribution in [1.82, 2.24) is 9.38 Å². The van der Waals surface area contributed by atoms with Gasteiger partial charge in [0.25, 0.3) is 0 Å². The highest BCUT2D eigenvalue weighted by Crippen LogP contribution is 2.29. The number of nitrogen functional groups attached to an aromatic ring is 1. The number of nitrogens with two attached hydrogens (primary N) is 1. The Morgan fingerprint density at radius 1 is 1.47 bits per heavy atom. The molecular formula is C13H17N3O. The van der Waals surface area contributed by atoms with Crippen molar-refractivity contribution in [3.63, 3.8) is 0 Å². The lowest BCUT2D eigenvalue weighted by molar-refractivity contribution is 0.0796. The maximum absolute atomic E-state index is 6.18. The Labute approximate surface area is 100 Å². The van der Waals surface area contributed by atoms with Gasteiger partial charge in [-0.1, -0.05) is 6.07 Å². The number of imidazole rings is 1. The number of hydrogen-bond acceptors (Lipinski definition) is 3. The minimum absolute atomic E-state index is 0.351. The monoisotopic (exact) mass is 231 g/mol. The fourth-order valence-corrected chi connectivity index (χ4v) is 2.44. The summed E-state index contributed by atoms with van der Waals surface area (Å²) in [6, 6.07) is 4.07. The first-order valence-electron chi connectivity index (χ1n) is 6.07. The number of rotatable bonds is 1. The molecule has 3 heterocycles. The van der Waals surface area contributed by atoms with Gasteiger partial charge in [-0.3, -0.25) is 4.40 Å². The molecule has 0 bridgehead atoms. The Bertz CT molecular complexity index is 541. The number of ether oxygens (including phenoxy) is 1. The molecule has 4 heteroatoms. The molecule has 4 nitrogen and oxygen atoms in total. The lowest BCUT2D eigenvalue weighted by Crippen LogP contribution is -2.17. The Hall–Kier alpha value is -1.55. The van der Waals surface area contributed by atoms with E-state index in [1.165, 1.54) is 5.56 Å². The topological polar surface area (TPSA) is 52.5 Å². The molecule has 0 spiro atoms. The fraction of sp³-hybridized carbons (Fsp3) is 0.462. The summed E-state index contributed by atoms with van der Waals surface area (Å²) in [5, 5.41) is 0. The Morgan fingerprint density at radius 3 is 3.12 bits per heavy atom. The lowest BCUT2D eigenvalue weighted by Gasteiger charge is -2.20. The Morgan fingerprint density at radius 2 is 2.35 bits per heavy atom. The van der Waals surface area contributed by atoms with E-state index in [2.05, 4.69) is 18.0 Å². The van der Waals surface area contributed by atoms with Crippen molar-refractivity contribution >= 4 is 11.5 Å². The van der Waals surface area contributed by atoms with Crippen LogP contribution in [0.15, 0.2) is 18.3 Å². The number of fused-ring (bicyclic) bond motifs is 1. The van der Waals surface area contributed by atoms with Crippen molar-refractivity contribution in [2.45, 2.75) is 25.7 Å². The molecule has 2 aromatic heterocycles. The average molecular weight is 231 g/mol. The predicted molar refractivity (Wildman–Crippen MR) is 67.1 cm³/mol. The van der Waals surface area contributed by atoms with E-state index in [0.29, 0.717) is 5.92 Å². The van der Waals surface area contributed by atoms with Crippen LogP contribution >= 0.6 is 0 Å². The highest BCUT2D eigenvalue weighted by atomic mass is 16.5. The van der Waals surface area contributed by atoms with Gasteiger partial charge in [-0.05, 0) is 31.4 Å². The van der Waals surface area contributed by atoms with Crippen LogP contribution < -0.4 is 5.73 Å². The molecule has 1 atom stereocenters. The highest BCUT2D eigenvalue weighted by molar-refractivity contribution is 5.54. The summed E-state index contributed by atoms with van der Waals surface area (Å²) in [6.45, 7) is 3.66. The largest absolute Gasteiger partial charge is 0.383 e. The number of hydrogen-bond donors (Lipinski definition) is 1. The van der Waals surface area contributed by atoms with Gasteiger partial charge in [0.05, 0.1) is 12.3 Å². The highest BCUT2D eigenvalue weighted by Gasteiger charge is 2.22. The van der Waals surface area contributed by atoms with Gasteiger partial charge in [0.2, 0.25) is 0 Å². The average Bonchev–Trinajstić information content (AvgIpc) is 2.68. The van der Waals surface area contributed by atoms with Crippen molar-refractivity contribution in [2.24, 2.45) is 0 Å². The minimum atomic E-state index is 0.351. The molecule has 3 rings (SSSR count). The molecular weight excluding hydrogens is 214 g/mol. The molecule has 1 aliphatic rings. The lowest BCUT2D eigenvalue weighted by atomic mass is 9.99. The van der Waals surface area contributed by atoms with Crippen LogP contribution in [-0.4, -0.2) is 22.6 Å². The van der Waals surface area contributed by atoms with Gasteiger partial charge in [-0.2, -0.15) is 0 Å². The van der Waals surface area contributed by atoms with Gasteiger partial charge < -0.3 is 10.5 Å². The van der Waals surface area contributed by atoms with Crippen LogP contribution in [0.2, 0.25) is 0 Å². The van der Waals surface area contributed by atoms with Gasteiger partial charge in [0.15, 0.2) is 0 Å². The van der Waals surface area contributed by atoms with Gasteiger partial charge >= 0.3 is 0 Å². The normalized spacial score (nSPS) is 20.9. The Balaban J connectivity index is 2.07. The molecule has 90 valence electrons. The van der Waals surface area contributed by atoms with E-state index in [0.717, 1.165) is 43.2 Å². The summed E-state index contributed by atoms with van der Waals surface area (Å²) < 4.78 is 7.48. The van der Waals surface area contributed by atoms with Crippen molar-refractivity contribution < 1.29 is 4.74 Å². The fourth-order valence-electron chi connectivity index (χ4n) is 2.44. The molecule has 0 aliphatic carbocycles. The third-order valence-corrected chi connectivity index (χ3v) is 3.38. The molecule has 1 aliphatic heterocycles. The Kier molecular flexibility index (Phi) is 2.52. The molecule has 2 aromatic rings. The SMILES string of the molecule is Cc1ccc2nc(C3CCCOC3)c(N)n2c1. The van der Waals surface area contributed by atoms with Crippen molar-refractivity contribution in [3.05, 3.63) is 29.6 Å². The summed E-state index contributed by atoms with van der Waals surface area (Å²) in [7, 11) is 0. The number of anilines is 1. The zero-order chi connectivity index (χ0) is 11.8. The van der Waals surface area contributed by atoms with E-state index in [9.17, 15) is 0 Å². The molecule has 2 N–H and O–H groups in total. The van der Waals surface area contributed by atoms with E-state index in [1.807, 2.05) is 16.7 Å². The summed E-state index contributed by atoms with van der Waals surface area (Å²) in [6.07, 6.45) is 4.24. The number of aryl methyl sites for hydroxylation is 1. The molecule has 0 radical (unpaired) electrons. The summed E-state index contributed by atoms with van der Waals surface area (Å²) >= 11 is 0. The molecule has 0 saturated carbocycles. The van der Waals surface area contributed by atoms with E-state index >= 15 is 0 Å². The second-order valence-electron chi connectivity index (χ2n) is 4.73. The zero-order valence-electron chi connectivity index (χ0n) is 10.0. The molecule has 1 fully saturated rings. The zero-order valence-corrected chi connectivity index (χ0v) is 10.0. The maximum atomic E-state index is 6.18. The number of pyridine rings is 1. The number of aromatic nitrogens is 2. The first-order valence-corrected chi connectivity index (χ1v) is 6.07. The molecule has 1 unspecified atom stereocenters. The van der Waals surface area contributed by atoms with Crippen molar-refractivity contribution in [1.29, 1.82) is 0 Å². The third-order valence-electron chi connectivity index (χ3n) is 3.38. The van der Waals surface area contributed by atoms with Crippen LogP contribution in [0.25, 0.3) is 5.65 Å². The summed E-state index contributed by atoms with van der Waals surface area (Å²) in [5.74, 6) is 1.11. The quantitative estimate of drug-likeness (QED) is 0.818. The van der Waals surface area contributed by atoms with Crippen LogP contribution in [0.5, 0.6) is 0 Å². The number of nitrogens with zero attached hydrogens (tertiary/aromatic N) is 2. The van der Waals surface area contributed by atoms with E-state index in [1.54, 1.807) is 0 Å². The molecule has 1 saturated heterocycles. The van der Waals surface area contributed by atoms with Crippen LogP contribution in [-0.2, 0) is 4.74 Å². The minimum Gasteiger partial charge on any atom is -0.383 e. The second kappa shape index (κ2) is 4.04. The van der Waals surface area contributed by atoms with Crippen LogP contribution in [0, 0.1) is 6.92 Å².